The van der Waals surface area contributed by atoms with Gasteiger partial charge in [-0.3, -0.25) is 0 Å². The second-order valence-electron chi connectivity index (χ2n) is 19.1. The summed E-state index contributed by atoms with van der Waals surface area (Å²) in [5.41, 5.74) is 0.127. The van der Waals surface area contributed by atoms with Crippen molar-refractivity contribution >= 4 is 11.8 Å². The predicted octanol–water partition coefficient (Wildman–Crippen LogP) is 15.0. The maximum absolute atomic E-state index is 10.8. The van der Waals surface area contributed by atoms with Gasteiger partial charge in [-0.15, -0.1) is 11.8 Å². The molecule has 1 fully saturated rings. The normalized spacial score (nSPS) is 18.8. The van der Waals surface area contributed by atoms with Crippen LogP contribution in [0.15, 0.2) is 12.1 Å². The molecule has 0 radical (unpaired) electrons. The van der Waals surface area contributed by atoms with E-state index in [1.54, 1.807) is 0 Å². The summed E-state index contributed by atoms with van der Waals surface area (Å²) in [5.74, 6) is 2.52. The molecule has 2 rings (SSSR count). The van der Waals surface area contributed by atoms with Crippen LogP contribution in [0.25, 0.3) is 0 Å². The van der Waals surface area contributed by atoms with Gasteiger partial charge in [-0.2, -0.15) is 0 Å². The smallest absolute Gasteiger partial charge is 0.203 e. The van der Waals surface area contributed by atoms with Crippen LogP contribution in [0.2, 0.25) is 0 Å². The lowest BCUT2D eigenvalue weighted by Gasteiger charge is -2.39. The van der Waals surface area contributed by atoms with Crippen molar-refractivity contribution in [3.8, 4) is 17.2 Å². The first-order valence-electron chi connectivity index (χ1n) is 27.4. The van der Waals surface area contributed by atoms with Crippen molar-refractivity contribution < 1.29 is 39.4 Å². The predicted molar refractivity (Wildman–Crippen MR) is 271 cm³/mol. The van der Waals surface area contributed by atoms with Gasteiger partial charge in [-0.05, 0) is 37.0 Å². The maximum atomic E-state index is 10.8. The average Bonchev–Trinajstić information content (AvgIpc) is 3.30. The maximum Gasteiger partial charge on any atom is 0.203 e. The molecule has 1 aromatic rings. The number of aliphatic hydroxyl groups excluding tert-OH is 4. The molecule has 64 heavy (non-hydrogen) atoms. The van der Waals surface area contributed by atoms with Crippen molar-refractivity contribution in [2.45, 2.75) is 288 Å². The zero-order valence-corrected chi connectivity index (χ0v) is 42.7. The lowest BCUT2D eigenvalue weighted by molar-refractivity contribution is -0.205. The van der Waals surface area contributed by atoms with Gasteiger partial charge in [0.2, 0.25) is 5.75 Å². The number of hydrogen-bond donors (Lipinski definition) is 4. The van der Waals surface area contributed by atoms with Crippen LogP contribution in [0, 0.1) is 0 Å². The highest BCUT2D eigenvalue weighted by Gasteiger charge is 2.43. The number of aliphatic hydroxyl groups is 4. The highest BCUT2D eigenvalue weighted by atomic mass is 32.2. The summed E-state index contributed by atoms with van der Waals surface area (Å²) in [6, 6.07) is 4.07. The van der Waals surface area contributed by atoms with Gasteiger partial charge in [0.15, 0.2) is 11.5 Å². The van der Waals surface area contributed by atoms with Crippen LogP contribution in [0.1, 0.15) is 257 Å². The summed E-state index contributed by atoms with van der Waals surface area (Å²) in [6.07, 6.45) is 41.5. The standard InChI is InChI=1S/C55H102O8S/c1-4-7-10-13-16-19-22-25-28-31-34-37-40-60-48-43-47(46-64-55-53(59)52(58)51(57)50(45-56)63-55)44-49(61-41-38-35-32-29-26-23-20-17-14-11-8-5-2)54(48)62-42-39-36-33-30-27-24-21-18-15-12-9-6-3/h43-44,50-53,55-59H,4-42,45-46H2,1-3H3/t50-,51-,52+,53-,55+/m1/s1. The van der Waals surface area contributed by atoms with Crippen LogP contribution in [0.5, 0.6) is 17.2 Å². The zero-order chi connectivity index (χ0) is 46.1. The summed E-state index contributed by atoms with van der Waals surface area (Å²) in [4.78, 5) is 0. The molecule has 1 aliphatic rings. The Kier molecular flexibility index (Phi) is 38.6. The van der Waals surface area contributed by atoms with Gasteiger partial charge in [-0.1, -0.05) is 233 Å². The molecule has 0 aromatic heterocycles. The Morgan fingerprint density at radius 2 is 0.734 bits per heavy atom. The molecule has 4 N–H and O–H groups in total. The molecule has 1 saturated heterocycles. The Labute approximate surface area is 398 Å². The Hall–Kier alpha value is -1.23. The van der Waals surface area contributed by atoms with E-state index in [4.69, 9.17) is 18.9 Å². The topological polar surface area (TPSA) is 118 Å². The lowest BCUT2D eigenvalue weighted by atomic mass is 10.0. The van der Waals surface area contributed by atoms with Gasteiger partial charge < -0.3 is 39.4 Å². The fourth-order valence-corrected chi connectivity index (χ4v) is 9.92. The molecule has 376 valence electrons. The Morgan fingerprint density at radius 1 is 0.422 bits per heavy atom. The van der Waals surface area contributed by atoms with Crippen molar-refractivity contribution in [1.82, 2.24) is 0 Å². The molecule has 0 spiro atoms. The van der Waals surface area contributed by atoms with E-state index in [-0.39, 0.29) is 0 Å². The third kappa shape index (κ3) is 28.8. The van der Waals surface area contributed by atoms with Gasteiger partial charge in [0.05, 0.1) is 26.4 Å². The first-order valence-corrected chi connectivity index (χ1v) is 28.5. The zero-order valence-electron chi connectivity index (χ0n) is 41.9. The third-order valence-corrected chi connectivity index (χ3v) is 14.3. The number of rotatable bonds is 46. The Balaban J connectivity index is 2.03. The second kappa shape index (κ2) is 41.9. The molecule has 1 aliphatic heterocycles. The number of thioether (sulfide) groups is 1. The summed E-state index contributed by atoms with van der Waals surface area (Å²) in [5, 5.41) is 41.3. The van der Waals surface area contributed by atoms with Crippen molar-refractivity contribution in [2.24, 2.45) is 0 Å². The molecule has 1 aromatic carbocycles. The van der Waals surface area contributed by atoms with E-state index in [9.17, 15) is 20.4 Å². The van der Waals surface area contributed by atoms with Crippen LogP contribution in [-0.2, 0) is 10.5 Å². The van der Waals surface area contributed by atoms with Crippen LogP contribution >= 0.6 is 11.8 Å². The van der Waals surface area contributed by atoms with Crippen molar-refractivity contribution in [1.29, 1.82) is 0 Å². The van der Waals surface area contributed by atoms with Gasteiger partial charge in [-0.25, -0.2) is 0 Å². The van der Waals surface area contributed by atoms with Crippen molar-refractivity contribution in [2.75, 3.05) is 26.4 Å². The van der Waals surface area contributed by atoms with E-state index in [0.29, 0.717) is 42.8 Å². The Bertz CT molecular complexity index is 1120. The molecule has 0 unspecified atom stereocenters. The molecule has 0 aliphatic carbocycles. The molecule has 8 nitrogen and oxygen atoms in total. The fraction of sp³-hybridized carbons (Fsp3) is 0.891. The molecular formula is C55H102O8S. The largest absolute Gasteiger partial charge is 0.490 e. The first kappa shape index (κ1) is 58.9. The molecule has 0 amide bonds. The highest BCUT2D eigenvalue weighted by molar-refractivity contribution is 7.99. The third-order valence-electron chi connectivity index (χ3n) is 13.1. The van der Waals surface area contributed by atoms with Crippen molar-refractivity contribution in [3.63, 3.8) is 0 Å². The van der Waals surface area contributed by atoms with Gasteiger partial charge in [0.25, 0.3) is 0 Å². The van der Waals surface area contributed by atoms with Gasteiger partial charge in [0.1, 0.15) is 29.9 Å². The van der Waals surface area contributed by atoms with Gasteiger partial charge in [0, 0.05) is 5.75 Å². The number of ether oxygens (including phenoxy) is 4. The summed E-state index contributed by atoms with van der Waals surface area (Å²) in [7, 11) is 0. The summed E-state index contributed by atoms with van der Waals surface area (Å²) < 4.78 is 25.6. The number of benzene rings is 1. The second-order valence-corrected chi connectivity index (χ2v) is 20.2. The number of hydrogen-bond acceptors (Lipinski definition) is 9. The number of unbranched alkanes of at least 4 members (excludes halogenated alkanes) is 33. The minimum Gasteiger partial charge on any atom is -0.490 e. The van der Waals surface area contributed by atoms with Crippen molar-refractivity contribution in [3.05, 3.63) is 17.7 Å². The van der Waals surface area contributed by atoms with Crippen LogP contribution in [0.3, 0.4) is 0 Å². The van der Waals surface area contributed by atoms with Gasteiger partial charge >= 0.3 is 0 Å². The fourth-order valence-electron chi connectivity index (χ4n) is 8.82. The Morgan fingerprint density at radius 3 is 1.06 bits per heavy atom. The first-order chi connectivity index (χ1) is 31.5. The van der Waals surface area contributed by atoms with Crippen LogP contribution in [0.4, 0.5) is 0 Å². The minimum atomic E-state index is -1.40. The minimum absolute atomic E-state index is 0.443. The van der Waals surface area contributed by atoms with E-state index in [0.717, 1.165) is 44.1 Å². The molecule has 5 atom stereocenters. The van der Waals surface area contributed by atoms with Crippen LogP contribution in [-0.4, -0.2) is 76.7 Å². The average molecular weight is 923 g/mol. The summed E-state index contributed by atoms with van der Waals surface area (Å²) in [6.45, 7) is 8.21. The molecule has 9 heteroatoms. The van der Waals surface area contributed by atoms with Crippen LogP contribution < -0.4 is 14.2 Å². The van der Waals surface area contributed by atoms with E-state index in [1.165, 1.54) is 204 Å². The lowest BCUT2D eigenvalue weighted by Crippen LogP contribution is -2.57. The monoisotopic (exact) mass is 923 g/mol. The molecule has 0 bridgehead atoms. The summed E-state index contributed by atoms with van der Waals surface area (Å²) >= 11 is 1.33. The van der Waals surface area contributed by atoms with E-state index < -0.39 is 36.5 Å². The highest BCUT2D eigenvalue weighted by Crippen LogP contribution is 2.41. The molecule has 1 heterocycles. The van der Waals surface area contributed by atoms with E-state index in [2.05, 4.69) is 20.8 Å². The van der Waals surface area contributed by atoms with E-state index in [1.807, 2.05) is 12.1 Å². The molecule has 0 saturated carbocycles. The van der Waals surface area contributed by atoms with E-state index >= 15 is 0 Å². The molecular weight excluding hydrogens is 821 g/mol. The quantitative estimate of drug-likeness (QED) is 0.0474. The SMILES string of the molecule is CCCCCCCCCCCCCCOc1cc(CS[C@@H]2O[C@H](CO)[C@@H](O)[C@H](O)[C@H]2O)cc(OCCCCCCCCCCCCCC)c1OCCCCCCCCCCCCCC.